The molecule has 0 aliphatic carbocycles. The number of methoxy groups -OCH3 is 2. The van der Waals surface area contributed by atoms with E-state index in [2.05, 4.69) is 10.3 Å². The van der Waals surface area contributed by atoms with Crippen LogP contribution < -0.4 is 5.32 Å². The summed E-state index contributed by atoms with van der Waals surface area (Å²) in [6.45, 7) is 0.712. The molecule has 0 amide bonds. The number of carboxylic acids is 1. The maximum absolute atomic E-state index is 10.9. The molecule has 0 saturated heterocycles. The molecule has 0 aromatic carbocycles. The molecule has 94 valence electrons. The number of carboxylic acid groups (broad SMARTS) is 1. The molecule has 0 spiro atoms. The molecule has 0 saturated carbocycles. The Hall–Kier alpha value is -1.60. The van der Waals surface area contributed by atoms with E-state index in [9.17, 15) is 4.79 Å². The fourth-order valence-corrected chi connectivity index (χ4v) is 2.03. The van der Waals surface area contributed by atoms with Gasteiger partial charge in [-0.1, -0.05) is 0 Å². The summed E-state index contributed by atoms with van der Waals surface area (Å²) in [6.07, 6.45) is 1.88. The van der Waals surface area contributed by atoms with Gasteiger partial charge in [0.05, 0.1) is 6.04 Å². The highest BCUT2D eigenvalue weighted by molar-refractivity contribution is 5.85. The van der Waals surface area contributed by atoms with Gasteiger partial charge in [0.25, 0.3) is 0 Å². The second-order valence-corrected chi connectivity index (χ2v) is 3.78. The Balaban J connectivity index is 2.33. The molecule has 1 aliphatic rings. The van der Waals surface area contributed by atoms with Crippen LogP contribution in [-0.2, 0) is 9.47 Å². The molecular formula is C10H15N3O4. The van der Waals surface area contributed by atoms with Crippen LogP contribution in [0.3, 0.4) is 0 Å². The van der Waals surface area contributed by atoms with Gasteiger partial charge in [-0.25, -0.2) is 9.78 Å². The molecule has 2 N–H and O–H groups in total. The minimum absolute atomic E-state index is 0.0188. The van der Waals surface area contributed by atoms with E-state index in [1.807, 2.05) is 0 Å². The lowest BCUT2D eigenvalue weighted by Gasteiger charge is -2.30. The van der Waals surface area contributed by atoms with Crippen molar-refractivity contribution in [3.8, 4) is 0 Å². The Kier molecular flexibility index (Phi) is 3.30. The lowest BCUT2D eigenvalue weighted by atomic mass is 10.1. The first-order valence-corrected chi connectivity index (χ1v) is 5.29. The van der Waals surface area contributed by atoms with Gasteiger partial charge >= 0.3 is 5.97 Å². The zero-order valence-corrected chi connectivity index (χ0v) is 9.71. The monoisotopic (exact) mass is 241 g/mol. The van der Waals surface area contributed by atoms with Crippen LogP contribution >= 0.6 is 0 Å². The molecule has 2 rings (SSSR count). The third kappa shape index (κ3) is 2.11. The third-order valence-corrected chi connectivity index (χ3v) is 2.81. The fraction of sp³-hybridized carbons (Fsp3) is 0.600. The number of aromatic nitrogens is 2. The molecule has 0 radical (unpaired) electrons. The molecule has 1 aromatic rings. The number of hydrogen-bond donors (Lipinski definition) is 2. The summed E-state index contributed by atoms with van der Waals surface area (Å²) in [7, 11) is 3.12. The van der Waals surface area contributed by atoms with E-state index in [1.54, 1.807) is 18.8 Å². The molecule has 0 fully saturated rings. The van der Waals surface area contributed by atoms with Crippen LogP contribution in [0.1, 0.15) is 23.0 Å². The highest BCUT2D eigenvalue weighted by Crippen LogP contribution is 2.28. The first-order chi connectivity index (χ1) is 8.17. The quantitative estimate of drug-likeness (QED) is 0.749. The first-order valence-electron chi connectivity index (χ1n) is 5.29. The van der Waals surface area contributed by atoms with Gasteiger partial charge in [0.2, 0.25) is 5.95 Å². The van der Waals surface area contributed by atoms with Gasteiger partial charge in [0.15, 0.2) is 12.0 Å². The average Bonchev–Trinajstić information content (AvgIpc) is 2.75. The summed E-state index contributed by atoms with van der Waals surface area (Å²) in [5.74, 6) is -0.503. The van der Waals surface area contributed by atoms with Gasteiger partial charge in [-0.05, 0) is 6.42 Å². The number of aromatic carboxylic acids is 1. The summed E-state index contributed by atoms with van der Waals surface area (Å²) < 4.78 is 12.2. The largest absolute Gasteiger partial charge is 0.476 e. The number of anilines is 1. The fourth-order valence-electron chi connectivity index (χ4n) is 2.03. The van der Waals surface area contributed by atoms with Crippen LogP contribution in [0.25, 0.3) is 0 Å². The van der Waals surface area contributed by atoms with Crippen LogP contribution in [0, 0.1) is 0 Å². The molecule has 1 unspecified atom stereocenters. The van der Waals surface area contributed by atoms with Crippen LogP contribution in [-0.4, -0.2) is 47.7 Å². The predicted molar refractivity (Wildman–Crippen MR) is 59.1 cm³/mol. The SMILES string of the molecule is COC(OC)C1CCNc2nc(C(=O)O)cn21. The normalized spacial score (nSPS) is 18.9. The Morgan fingerprint density at radius 1 is 1.65 bits per heavy atom. The number of imidazole rings is 1. The molecule has 1 aromatic heterocycles. The Morgan fingerprint density at radius 2 is 2.35 bits per heavy atom. The maximum atomic E-state index is 10.9. The molecular weight excluding hydrogens is 226 g/mol. The van der Waals surface area contributed by atoms with E-state index in [0.717, 1.165) is 6.42 Å². The van der Waals surface area contributed by atoms with Crippen molar-refractivity contribution in [2.45, 2.75) is 18.8 Å². The average molecular weight is 241 g/mol. The van der Waals surface area contributed by atoms with Crippen LogP contribution in [0.15, 0.2) is 6.20 Å². The first kappa shape index (κ1) is 11.9. The van der Waals surface area contributed by atoms with Gasteiger partial charge in [0.1, 0.15) is 0 Å². The van der Waals surface area contributed by atoms with Gasteiger partial charge in [-0.3, -0.25) is 0 Å². The zero-order chi connectivity index (χ0) is 12.4. The third-order valence-electron chi connectivity index (χ3n) is 2.81. The van der Waals surface area contributed by atoms with Crippen molar-refractivity contribution in [3.63, 3.8) is 0 Å². The number of ether oxygens (including phenoxy) is 2. The lowest BCUT2D eigenvalue weighted by molar-refractivity contribution is -0.133. The van der Waals surface area contributed by atoms with Crippen molar-refractivity contribution in [3.05, 3.63) is 11.9 Å². The predicted octanol–water partition coefficient (Wildman–Crippen LogP) is 0.557. The minimum Gasteiger partial charge on any atom is -0.476 e. The van der Waals surface area contributed by atoms with E-state index < -0.39 is 12.3 Å². The Labute approximate surface area is 98.4 Å². The van der Waals surface area contributed by atoms with Crippen molar-refractivity contribution < 1.29 is 19.4 Å². The maximum Gasteiger partial charge on any atom is 0.356 e. The van der Waals surface area contributed by atoms with Gasteiger partial charge in [-0.2, -0.15) is 0 Å². The van der Waals surface area contributed by atoms with E-state index in [4.69, 9.17) is 14.6 Å². The lowest BCUT2D eigenvalue weighted by Crippen LogP contribution is -2.33. The number of carbonyl (C=O) groups is 1. The summed E-state index contributed by atoms with van der Waals surface area (Å²) in [5.41, 5.74) is 0.0188. The smallest absolute Gasteiger partial charge is 0.356 e. The van der Waals surface area contributed by atoms with Crippen molar-refractivity contribution in [1.29, 1.82) is 0 Å². The van der Waals surface area contributed by atoms with E-state index in [1.165, 1.54) is 6.20 Å². The van der Waals surface area contributed by atoms with Crippen molar-refractivity contribution in [1.82, 2.24) is 9.55 Å². The molecule has 0 bridgehead atoms. The Bertz CT molecular complexity index is 414. The second-order valence-electron chi connectivity index (χ2n) is 3.78. The number of nitrogens with one attached hydrogen (secondary N) is 1. The minimum atomic E-state index is -1.04. The summed E-state index contributed by atoms with van der Waals surface area (Å²) in [5, 5.41) is 12.0. The molecule has 2 heterocycles. The summed E-state index contributed by atoms with van der Waals surface area (Å²) >= 11 is 0. The van der Waals surface area contributed by atoms with Gasteiger partial charge in [0, 0.05) is 27.0 Å². The molecule has 7 nitrogen and oxygen atoms in total. The van der Waals surface area contributed by atoms with Crippen LogP contribution in [0.2, 0.25) is 0 Å². The zero-order valence-electron chi connectivity index (χ0n) is 9.71. The number of nitrogens with zero attached hydrogens (tertiary/aromatic N) is 2. The number of rotatable bonds is 4. The highest BCUT2D eigenvalue weighted by atomic mass is 16.7. The number of fused-ring (bicyclic) bond motifs is 1. The highest BCUT2D eigenvalue weighted by Gasteiger charge is 2.29. The topological polar surface area (TPSA) is 85.6 Å². The molecule has 1 aliphatic heterocycles. The van der Waals surface area contributed by atoms with E-state index in [0.29, 0.717) is 12.5 Å². The molecule has 17 heavy (non-hydrogen) atoms. The standard InChI is InChI=1S/C10H15N3O4/c1-16-9(17-2)7-3-4-11-10-12-6(8(14)15)5-13(7)10/h5,7,9H,3-4H2,1-2H3,(H,11,12)(H,14,15). The summed E-state index contributed by atoms with van der Waals surface area (Å²) in [4.78, 5) is 14.9. The van der Waals surface area contributed by atoms with Gasteiger partial charge in [-0.15, -0.1) is 0 Å². The molecule has 7 heteroatoms. The van der Waals surface area contributed by atoms with Crippen LogP contribution in [0.4, 0.5) is 5.95 Å². The van der Waals surface area contributed by atoms with Crippen molar-refractivity contribution in [2.75, 3.05) is 26.1 Å². The van der Waals surface area contributed by atoms with Crippen LogP contribution in [0.5, 0.6) is 0 Å². The second kappa shape index (κ2) is 4.72. The Morgan fingerprint density at radius 3 is 2.94 bits per heavy atom. The van der Waals surface area contributed by atoms with Gasteiger partial charge < -0.3 is 24.5 Å². The van der Waals surface area contributed by atoms with E-state index >= 15 is 0 Å². The van der Waals surface area contributed by atoms with E-state index in [-0.39, 0.29) is 11.7 Å². The van der Waals surface area contributed by atoms with Crippen molar-refractivity contribution >= 4 is 11.9 Å². The summed E-state index contributed by atoms with van der Waals surface area (Å²) in [6, 6.07) is -0.0677. The van der Waals surface area contributed by atoms with Crippen molar-refractivity contribution in [2.24, 2.45) is 0 Å². The number of hydrogen-bond acceptors (Lipinski definition) is 5. The molecule has 1 atom stereocenters.